The highest BCUT2D eigenvalue weighted by molar-refractivity contribution is 5.87. The highest BCUT2D eigenvalue weighted by Gasteiger charge is 2.41. The average Bonchev–Trinajstić information content (AvgIpc) is 3.57. The molecule has 0 spiro atoms. The lowest BCUT2D eigenvalue weighted by Crippen LogP contribution is -2.24. The topological polar surface area (TPSA) is 82.9 Å². The van der Waals surface area contributed by atoms with Crippen LogP contribution in [0.5, 0.6) is 0 Å². The lowest BCUT2D eigenvalue weighted by molar-refractivity contribution is -0.121. The van der Waals surface area contributed by atoms with Crippen molar-refractivity contribution in [2.24, 2.45) is 45.7 Å². The molecule has 4 rings (SSSR count). The van der Waals surface area contributed by atoms with Crippen LogP contribution in [0.2, 0.25) is 0 Å². The van der Waals surface area contributed by atoms with E-state index in [2.05, 4.69) is 34.9 Å². The third-order valence-electron chi connectivity index (χ3n) is 8.57. The molecule has 0 radical (unpaired) electrons. The Kier molecular flexibility index (Phi) is 7.44. The van der Waals surface area contributed by atoms with Crippen LogP contribution < -0.4 is 10.9 Å². The van der Waals surface area contributed by atoms with Crippen LogP contribution >= 0.6 is 0 Å². The second-order valence-electron chi connectivity index (χ2n) is 10.7. The Morgan fingerprint density at radius 2 is 1.13 bits per heavy atom. The Morgan fingerprint density at radius 3 is 1.48 bits per heavy atom. The van der Waals surface area contributed by atoms with Crippen LogP contribution in [-0.4, -0.2) is 23.2 Å². The molecule has 4 bridgehead atoms. The molecular weight excluding hydrogens is 388 g/mol. The Morgan fingerprint density at radius 1 is 0.677 bits per heavy atom. The van der Waals surface area contributed by atoms with Gasteiger partial charge < -0.3 is 0 Å². The Bertz CT molecular complexity index is 671. The summed E-state index contributed by atoms with van der Waals surface area (Å²) >= 11 is 0. The van der Waals surface area contributed by atoms with E-state index in [0.717, 1.165) is 54.4 Å². The number of hydrazone groups is 2. The van der Waals surface area contributed by atoms with E-state index in [4.69, 9.17) is 0 Å². The van der Waals surface area contributed by atoms with Gasteiger partial charge in [-0.1, -0.05) is 19.3 Å². The van der Waals surface area contributed by atoms with Gasteiger partial charge >= 0.3 is 0 Å². The predicted octanol–water partition coefficient (Wildman–Crippen LogP) is 4.79. The first-order chi connectivity index (χ1) is 15.0. The minimum Gasteiger partial charge on any atom is -0.273 e. The van der Waals surface area contributed by atoms with Gasteiger partial charge in [-0.3, -0.25) is 9.59 Å². The van der Waals surface area contributed by atoms with E-state index in [1.54, 1.807) is 0 Å². The number of fused-ring (bicyclic) bond motifs is 4. The van der Waals surface area contributed by atoms with Crippen molar-refractivity contribution >= 4 is 23.2 Å². The van der Waals surface area contributed by atoms with E-state index in [9.17, 15) is 9.59 Å². The molecule has 4 saturated carbocycles. The number of hydrogen-bond acceptors (Lipinski definition) is 4. The lowest BCUT2D eigenvalue weighted by atomic mass is 9.86. The third-order valence-corrected chi connectivity index (χ3v) is 8.57. The molecule has 0 aliphatic heterocycles. The zero-order valence-electron chi connectivity index (χ0n) is 19.4. The summed E-state index contributed by atoms with van der Waals surface area (Å²) in [5, 5.41) is 8.76. The van der Waals surface area contributed by atoms with Gasteiger partial charge in [0.2, 0.25) is 11.8 Å². The fraction of sp³-hybridized carbons (Fsp3) is 0.840. The number of hydrogen-bond donors (Lipinski definition) is 2. The maximum atomic E-state index is 12.1. The van der Waals surface area contributed by atoms with Crippen LogP contribution in [0, 0.1) is 35.5 Å². The van der Waals surface area contributed by atoms with Crippen molar-refractivity contribution in [3.63, 3.8) is 0 Å². The molecule has 4 aliphatic carbocycles. The smallest absolute Gasteiger partial charge is 0.240 e. The number of nitrogens with zero attached hydrogens (tertiary/aromatic N) is 2. The second kappa shape index (κ2) is 10.3. The molecule has 0 aromatic rings. The molecule has 172 valence electrons. The Labute approximate surface area is 187 Å². The van der Waals surface area contributed by atoms with Gasteiger partial charge in [0.1, 0.15) is 0 Å². The lowest BCUT2D eigenvalue weighted by Gasteiger charge is -2.21. The third kappa shape index (κ3) is 5.75. The first kappa shape index (κ1) is 22.5. The van der Waals surface area contributed by atoms with Crippen LogP contribution in [0.4, 0.5) is 0 Å². The van der Waals surface area contributed by atoms with Gasteiger partial charge in [0.15, 0.2) is 0 Å². The Hall–Kier alpha value is -1.72. The molecule has 6 heteroatoms. The monoisotopic (exact) mass is 428 g/mol. The van der Waals surface area contributed by atoms with Crippen molar-refractivity contribution in [3.05, 3.63) is 0 Å². The van der Waals surface area contributed by atoms with Crippen molar-refractivity contribution in [3.8, 4) is 0 Å². The van der Waals surface area contributed by atoms with Crippen molar-refractivity contribution in [2.75, 3.05) is 0 Å². The SMILES string of the molecule is CC(=NNC(=O)CCCCCC(=O)NN=C(C)C1CC2CCC1C2)C1CC2CCC1C2. The molecule has 2 amide bonds. The molecule has 4 aliphatic rings. The van der Waals surface area contributed by atoms with E-state index in [1.165, 1.54) is 51.4 Å². The fourth-order valence-electron chi connectivity index (χ4n) is 6.84. The van der Waals surface area contributed by atoms with Gasteiger partial charge in [-0.15, -0.1) is 0 Å². The first-order valence-electron chi connectivity index (χ1n) is 12.7. The minimum absolute atomic E-state index is 0.0157. The summed E-state index contributed by atoms with van der Waals surface area (Å²) in [7, 11) is 0. The quantitative estimate of drug-likeness (QED) is 0.298. The number of nitrogens with one attached hydrogen (secondary N) is 2. The molecule has 6 atom stereocenters. The van der Waals surface area contributed by atoms with Gasteiger partial charge in [-0.25, -0.2) is 10.9 Å². The summed E-state index contributed by atoms with van der Waals surface area (Å²) in [6, 6.07) is 0. The molecular formula is C25H40N4O2. The predicted molar refractivity (Wildman–Crippen MR) is 123 cm³/mol. The number of carbonyl (C=O) groups is 2. The van der Waals surface area contributed by atoms with Crippen molar-refractivity contribution in [1.29, 1.82) is 0 Å². The number of amides is 2. The van der Waals surface area contributed by atoms with Gasteiger partial charge in [-0.2, -0.15) is 10.2 Å². The summed E-state index contributed by atoms with van der Waals surface area (Å²) in [6.07, 6.45) is 14.0. The number of carbonyl (C=O) groups excluding carboxylic acids is 2. The van der Waals surface area contributed by atoms with Gasteiger partial charge in [-0.05, 0) is 88.9 Å². The van der Waals surface area contributed by atoms with Gasteiger partial charge in [0.05, 0.1) is 0 Å². The van der Waals surface area contributed by atoms with Crippen LogP contribution in [-0.2, 0) is 9.59 Å². The van der Waals surface area contributed by atoms with E-state index in [0.29, 0.717) is 24.7 Å². The summed E-state index contributed by atoms with van der Waals surface area (Å²) in [5.41, 5.74) is 7.67. The average molecular weight is 429 g/mol. The van der Waals surface area contributed by atoms with Crippen molar-refractivity contribution < 1.29 is 9.59 Å². The van der Waals surface area contributed by atoms with E-state index in [1.807, 2.05) is 0 Å². The second-order valence-corrected chi connectivity index (χ2v) is 10.7. The maximum Gasteiger partial charge on any atom is 0.240 e. The summed E-state index contributed by atoms with van der Waals surface area (Å²) in [6.45, 7) is 4.12. The fourth-order valence-corrected chi connectivity index (χ4v) is 6.84. The van der Waals surface area contributed by atoms with Crippen LogP contribution in [0.1, 0.15) is 97.3 Å². The number of rotatable bonds is 10. The van der Waals surface area contributed by atoms with Gasteiger partial charge in [0, 0.05) is 36.1 Å². The maximum absolute atomic E-state index is 12.1. The summed E-state index contributed by atoms with van der Waals surface area (Å²) in [4.78, 5) is 24.1. The first-order valence-corrected chi connectivity index (χ1v) is 12.7. The molecule has 2 N–H and O–H groups in total. The molecule has 6 unspecified atom stereocenters. The highest BCUT2D eigenvalue weighted by Crippen LogP contribution is 2.49. The molecule has 0 aromatic heterocycles. The van der Waals surface area contributed by atoms with Gasteiger partial charge in [0.25, 0.3) is 0 Å². The minimum atomic E-state index is -0.0157. The van der Waals surface area contributed by atoms with E-state index < -0.39 is 0 Å². The molecule has 4 fully saturated rings. The van der Waals surface area contributed by atoms with Crippen molar-refractivity contribution in [2.45, 2.75) is 97.3 Å². The highest BCUT2D eigenvalue weighted by atomic mass is 16.2. The summed E-state index contributed by atoms with van der Waals surface area (Å²) in [5.74, 6) is 4.48. The molecule has 0 heterocycles. The van der Waals surface area contributed by atoms with E-state index >= 15 is 0 Å². The van der Waals surface area contributed by atoms with Crippen LogP contribution in [0.15, 0.2) is 10.2 Å². The largest absolute Gasteiger partial charge is 0.273 e. The van der Waals surface area contributed by atoms with Crippen molar-refractivity contribution in [1.82, 2.24) is 10.9 Å². The normalized spacial score (nSPS) is 34.4. The Balaban J connectivity index is 1.05. The molecule has 0 aromatic carbocycles. The zero-order chi connectivity index (χ0) is 21.8. The zero-order valence-corrected chi connectivity index (χ0v) is 19.4. The van der Waals surface area contributed by atoms with E-state index in [-0.39, 0.29) is 11.8 Å². The van der Waals surface area contributed by atoms with Crippen LogP contribution in [0.3, 0.4) is 0 Å². The standard InChI is InChI=1S/C25H40N4O2/c1-16(22-14-18-8-10-20(22)12-18)26-28-24(30)6-4-3-5-7-25(31)29-27-17(2)23-15-19-9-11-21(23)13-19/h18-23H,3-15H2,1-2H3,(H,28,30)(H,29,31). The molecule has 31 heavy (non-hydrogen) atoms. The molecule has 6 nitrogen and oxygen atoms in total. The number of unbranched alkanes of at least 4 members (excludes halogenated alkanes) is 2. The van der Waals surface area contributed by atoms with Crippen LogP contribution in [0.25, 0.3) is 0 Å². The molecule has 0 saturated heterocycles. The summed E-state index contributed by atoms with van der Waals surface area (Å²) < 4.78 is 0.